The van der Waals surface area contributed by atoms with Gasteiger partial charge in [0, 0.05) is 16.8 Å². The van der Waals surface area contributed by atoms with Crippen LogP contribution in [0.1, 0.15) is 16.1 Å². The molecule has 2 rings (SSSR count). The zero-order valence-corrected chi connectivity index (χ0v) is 11.1. The molecule has 1 heterocycles. The first kappa shape index (κ1) is 13.1. The highest BCUT2D eigenvalue weighted by molar-refractivity contribution is 7.98. The lowest BCUT2D eigenvalue weighted by Gasteiger charge is -2.05. The fourth-order valence-electron chi connectivity index (χ4n) is 1.46. The Labute approximate surface area is 115 Å². The minimum atomic E-state index is -0.290. The third-order valence-electron chi connectivity index (χ3n) is 2.47. The molecule has 1 N–H and O–H groups in total. The van der Waals surface area contributed by atoms with E-state index in [4.69, 9.17) is 5.26 Å². The van der Waals surface area contributed by atoms with Crippen molar-refractivity contribution in [2.45, 2.75) is 4.90 Å². The van der Waals surface area contributed by atoms with Crippen LogP contribution in [0.4, 0.5) is 5.69 Å². The summed E-state index contributed by atoms with van der Waals surface area (Å²) in [5, 5.41) is 11.4. The van der Waals surface area contributed by atoms with Crippen LogP contribution in [0.2, 0.25) is 0 Å². The Balaban J connectivity index is 2.09. The van der Waals surface area contributed by atoms with Crippen LogP contribution in [0.5, 0.6) is 0 Å². The van der Waals surface area contributed by atoms with E-state index >= 15 is 0 Å². The minimum Gasteiger partial charge on any atom is -0.321 e. The Kier molecular flexibility index (Phi) is 4.16. The van der Waals surface area contributed by atoms with E-state index in [1.165, 1.54) is 12.3 Å². The van der Waals surface area contributed by atoms with Gasteiger partial charge in [-0.15, -0.1) is 11.8 Å². The molecule has 0 atom stereocenters. The van der Waals surface area contributed by atoms with Gasteiger partial charge in [-0.3, -0.25) is 4.79 Å². The smallest absolute Gasteiger partial charge is 0.274 e. The lowest BCUT2D eigenvalue weighted by atomic mass is 10.2. The molecule has 0 saturated carbocycles. The van der Waals surface area contributed by atoms with Crippen LogP contribution in [0.3, 0.4) is 0 Å². The molecule has 2 aromatic rings. The highest BCUT2D eigenvalue weighted by atomic mass is 32.2. The first-order valence-electron chi connectivity index (χ1n) is 5.54. The molecular weight excluding hydrogens is 258 g/mol. The van der Waals surface area contributed by atoms with Crippen LogP contribution in [0.15, 0.2) is 47.5 Å². The van der Waals surface area contributed by atoms with Crippen LogP contribution >= 0.6 is 11.8 Å². The Hall–Kier alpha value is -2.32. The van der Waals surface area contributed by atoms with Gasteiger partial charge in [-0.25, -0.2) is 4.98 Å². The largest absolute Gasteiger partial charge is 0.321 e. The van der Waals surface area contributed by atoms with E-state index in [-0.39, 0.29) is 11.6 Å². The van der Waals surface area contributed by atoms with E-state index in [0.29, 0.717) is 11.3 Å². The summed E-state index contributed by atoms with van der Waals surface area (Å²) >= 11 is 1.64. The predicted octanol–water partition coefficient (Wildman–Crippen LogP) is 2.93. The van der Waals surface area contributed by atoms with E-state index in [0.717, 1.165) is 4.90 Å². The monoisotopic (exact) mass is 269 g/mol. The van der Waals surface area contributed by atoms with Crippen molar-refractivity contribution in [1.29, 1.82) is 5.26 Å². The molecule has 1 amide bonds. The molecule has 19 heavy (non-hydrogen) atoms. The molecule has 0 aliphatic heterocycles. The van der Waals surface area contributed by atoms with Gasteiger partial charge < -0.3 is 5.32 Å². The maximum atomic E-state index is 11.9. The number of pyridine rings is 1. The summed E-state index contributed by atoms with van der Waals surface area (Å²) in [6.45, 7) is 0. The van der Waals surface area contributed by atoms with Gasteiger partial charge in [0.2, 0.25) is 0 Å². The van der Waals surface area contributed by atoms with Crippen molar-refractivity contribution in [2.24, 2.45) is 0 Å². The Morgan fingerprint density at radius 1 is 1.26 bits per heavy atom. The number of hydrogen-bond donors (Lipinski definition) is 1. The molecule has 1 aromatic carbocycles. The van der Waals surface area contributed by atoms with Crippen molar-refractivity contribution in [3.63, 3.8) is 0 Å². The van der Waals surface area contributed by atoms with E-state index in [1.54, 1.807) is 17.8 Å². The van der Waals surface area contributed by atoms with Crippen molar-refractivity contribution in [3.05, 3.63) is 53.9 Å². The molecule has 1 aromatic heterocycles. The third-order valence-corrected chi connectivity index (χ3v) is 3.22. The summed E-state index contributed by atoms with van der Waals surface area (Å²) in [7, 11) is 0. The van der Waals surface area contributed by atoms with Gasteiger partial charge in [0.25, 0.3) is 5.91 Å². The molecule has 0 fully saturated rings. The van der Waals surface area contributed by atoms with Crippen LogP contribution in [-0.2, 0) is 0 Å². The first-order chi connectivity index (χ1) is 9.22. The molecule has 0 unspecified atom stereocenters. The second kappa shape index (κ2) is 6.03. The molecular formula is C14H11N3OS. The molecule has 5 heteroatoms. The Morgan fingerprint density at radius 3 is 2.53 bits per heavy atom. The highest BCUT2D eigenvalue weighted by Gasteiger charge is 2.07. The van der Waals surface area contributed by atoms with Gasteiger partial charge in [-0.1, -0.05) is 0 Å². The number of aromatic nitrogens is 1. The number of anilines is 1. The average Bonchev–Trinajstić information content (AvgIpc) is 2.48. The predicted molar refractivity (Wildman–Crippen MR) is 75.1 cm³/mol. The quantitative estimate of drug-likeness (QED) is 0.870. The van der Waals surface area contributed by atoms with Gasteiger partial charge in [-0.2, -0.15) is 5.26 Å². The van der Waals surface area contributed by atoms with Crippen molar-refractivity contribution < 1.29 is 4.79 Å². The number of carbonyl (C=O) groups excluding carboxylic acids is 1. The number of hydrogen-bond acceptors (Lipinski definition) is 4. The van der Waals surface area contributed by atoms with Crippen LogP contribution in [0, 0.1) is 11.3 Å². The number of amides is 1. The SMILES string of the molecule is CSc1ccc(NC(=O)c2ccc(C#N)cn2)cc1. The summed E-state index contributed by atoms with van der Waals surface area (Å²) in [6, 6.07) is 12.6. The topological polar surface area (TPSA) is 65.8 Å². The lowest BCUT2D eigenvalue weighted by Crippen LogP contribution is -2.13. The van der Waals surface area contributed by atoms with Crippen molar-refractivity contribution in [3.8, 4) is 6.07 Å². The second-order valence-corrected chi connectivity index (χ2v) is 4.61. The molecule has 0 spiro atoms. The van der Waals surface area contributed by atoms with Gasteiger partial charge in [0.15, 0.2) is 0 Å². The van der Waals surface area contributed by atoms with Crippen molar-refractivity contribution in [1.82, 2.24) is 4.98 Å². The van der Waals surface area contributed by atoms with Crippen LogP contribution in [0.25, 0.3) is 0 Å². The van der Waals surface area contributed by atoms with Gasteiger partial charge in [-0.05, 0) is 42.7 Å². The van der Waals surface area contributed by atoms with Gasteiger partial charge in [0.1, 0.15) is 11.8 Å². The fraction of sp³-hybridized carbons (Fsp3) is 0.0714. The molecule has 0 bridgehead atoms. The van der Waals surface area contributed by atoms with E-state index < -0.39 is 0 Å². The van der Waals surface area contributed by atoms with Crippen molar-refractivity contribution in [2.75, 3.05) is 11.6 Å². The average molecular weight is 269 g/mol. The Morgan fingerprint density at radius 2 is 2.00 bits per heavy atom. The Bertz CT molecular complexity index is 615. The highest BCUT2D eigenvalue weighted by Crippen LogP contribution is 2.17. The van der Waals surface area contributed by atoms with E-state index in [1.807, 2.05) is 36.6 Å². The number of nitrogens with zero attached hydrogens (tertiary/aromatic N) is 2. The summed E-state index contributed by atoms with van der Waals surface area (Å²) in [5.74, 6) is -0.290. The third kappa shape index (κ3) is 3.33. The zero-order chi connectivity index (χ0) is 13.7. The number of benzene rings is 1. The summed E-state index contributed by atoms with van der Waals surface area (Å²) in [5.41, 5.74) is 1.43. The van der Waals surface area contributed by atoms with Crippen LogP contribution < -0.4 is 5.32 Å². The van der Waals surface area contributed by atoms with Crippen LogP contribution in [-0.4, -0.2) is 17.1 Å². The number of rotatable bonds is 3. The summed E-state index contributed by atoms with van der Waals surface area (Å²) < 4.78 is 0. The van der Waals surface area contributed by atoms with Gasteiger partial charge in [0.05, 0.1) is 5.56 Å². The molecule has 0 saturated heterocycles. The molecule has 0 radical (unpaired) electrons. The molecule has 94 valence electrons. The van der Waals surface area contributed by atoms with Crippen molar-refractivity contribution >= 4 is 23.4 Å². The minimum absolute atomic E-state index is 0.285. The number of nitrogens with one attached hydrogen (secondary N) is 1. The molecule has 4 nitrogen and oxygen atoms in total. The number of thioether (sulfide) groups is 1. The van der Waals surface area contributed by atoms with E-state index in [2.05, 4.69) is 10.3 Å². The van der Waals surface area contributed by atoms with E-state index in [9.17, 15) is 4.79 Å². The summed E-state index contributed by atoms with van der Waals surface area (Å²) in [6.07, 6.45) is 3.37. The fourth-order valence-corrected chi connectivity index (χ4v) is 1.87. The molecule has 0 aliphatic carbocycles. The first-order valence-corrected chi connectivity index (χ1v) is 6.77. The van der Waals surface area contributed by atoms with Gasteiger partial charge >= 0.3 is 0 Å². The normalized spacial score (nSPS) is 9.68. The molecule has 0 aliphatic rings. The maximum absolute atomic E-state index is 11.9. The zero-order valence-electron chi connectivity index (χ0n) is 10.3. The standard InChI is InChI=1S/C14H11N3OS/c1-19-12-5-3-11(4-6-12)17-14(18)13-7-2-10(8-15)9-16-13/h2-7,9H,1H3,(H,17,18). The summed E-state index contributed by atoms with van der Waals surface area (Å²) in [4.78, 5) is 17.0. The second-order valence-electron chi connectivity index (χ2n) is 3.73. The number of carbonyl (C=O) groups is 1. The lowest BCUT2D eigenvalue weighted by molar-refractivity contribution is 0.102. The maximum Gasteiger partial charge on any atom is 0.274 e. The number of nitriles is 1.